The van der Waals surface area contributed by atoms with Gasteiger partial charge in [-0.3, -0.25) is 4.79 Å². The quantitative estimate of drug-likeness (QED) is 0.672. The Morgan fingerprint density at radius 1 is 1.32 bits per heavy atom. The maximum atomic E-state index is 11.8. The van der Waals surface area contributed by atoms with Crippen LogP contribution in [-0.4, -0.2) is 53.1 Å². The number of carboxylic acids is 1. The number of hydrogen-bond donors (Lipinski definition) is 2. The van der Waals surface area contributed by atoms with Crippen LogP contribution in [0.1, 0.15) is 38.5 Å². The van der Waals surface area contributed by atoms with Crippen LogP contribution in [0.2, 0.25) is 0 Å². The van der Waals surface area contributed by atoms with Gasteiger partial charge >= 0.3 is 12.0 Å². The van der Waals surface area contributed by atoms with Gasteiger partial charge in [0, 0.05) is 31.8 Å². The molecule has 1 unspecified atom stereocenters. The number of unbranched alkanes of at least 4 members (excludes halogenated alkanes) is 3. The Bertz CT molecular complexity index is 294. The zero-order valence-electron chi connectivity index (χ0n) is 11.6. The van der Waals surface area contributed by atoms with Crippen LogP contribution in [0, 0.1) is 0 Å². The van der Waals surface area contributed by atoms with Crippen molar-refractivity contribution in [2.24, 2.45) is 0 Å². The van der Waals surface area contributed by atoms with E-state index in [-0.39, 0.29) is 12.5 Å². The minimum Gasteiger partial charge on any atom is -0.481 e. The minimum absolute atomic E-state index is 0.0121. The molecule has 0 bridgehead atoms. The van der Waals surface area contributed by atoms with Gasteiger partial charge in [0.25, 0.3) is 0 Å². The molecule has 1 aliphatic rings. The van der Waals surface area contributed by atoms with E-state index in [4.69, 9.17) is 5.11 Å². The highest BCUT2D eigenvalue weighted by molar-refractivity contribution is 7.99. The van der Waals surface area contributed by atoms with Crippen LogP contribution in [-0.2, 0) is 4.79 Å². The molecule has 110 valence electrons. The average Bonchev–Trinajstić information content (AvgIpc) is 2.89. The van der Waals surface area contributed by atoms with Crippen LogP contribution in [0.3, 0.4) is 0 Å². The van der Waals surface area contributed by atoms with Crippen molar-refractivity contribution in [1.29, 1.82) is 0 Å². The highest BCUT2D eigenvalue weighted by Crippen LogP contribution is 2.21. The molecular formula is C13H24N2O3S. The van der Waals surface area contributed by atoms with Crippen molar-refractivity contribution in [3.8, 4) is 0 Å². The summed E-state index contributed by atoms with van der Waals surface area (Å²) in [5.41, 5.74) is 0. The average molecular weight is 288 g/mol. The van der Waals surface area contributed by atoms with Crippen molar-refractivity contribution in [2.75, 3.05) is 25.1 Å². The van der Waals surface area contributed by atoms with Crippen molar-refractivity contribution in [3.05, 3.63) is 0 Å². The summed E-state index contributed by atoms with van der Waals surface area (Å²) in [7, 11) is 1.86. The van der Waals surface area contributed by atoms with Crippen molar-refractivity contribution in [1.82, 2.24) is 10.2 Å². The molecule has 5 nitrogen and oxygen atoms in total. The van der Waals surface area contributed by atoms with Gasteiger partial charge in [0.2, 0.25) is 0 Å². The Balaban J connectivity index is 1.99. The molecule has 0 aromatic carbocycles. The summed E-state index contributed by atoms with van der Waals surface area (Å²) >= 11 is 1.90. The third-order valence-electron chi connectivity index (χ3n) is 3.37. The summed E-state index contributed by atoms with van der Waals surface area (Å²) in [6.07, 6.45) is 4.85. The fraction of sp³-hybridized carbons (Fsp3) is 0.846. The van der Waals surface area contributed by atoms with Gasteiger partial charge in [-0.2, -0.15) is 11.8 Å². The van der Waals surface area contributed by atoms with Gasteiger partial charge in [0.1, 0.15) is 0 Å². The highest BCUT2D eigenvalue weighted by Gasteiger charge is 2.23. The first-order valence-electron chi connectivity index (χ1n) is 6.91. The lowest BCUT2D eigenvalue weighted by molar-refractivity contribution is -0.137. The Morgan fingerprint density at radius 2 is 2.05 bits per heavy atom. The van der Waals surface area contributed by atoms with Gasteiger partial charge in [-0.05, 0) is 25.0 Å². The largest absolute Gasteiger partial charge is 0.481 e. The van der Waals surface area contributed by atoms with Crippen molar-refractivity contribution in [2.45, 2.75) is 44.6 Å². The van der Waals surface area contributed by atoms with Gasteiger partial charge in [-0.1, -0.05) is 12.8 Å². The summed E-state index contributed by atoms with van der Waals surface area (Å²) in [6.45, 7) is 0.677. The number of hydrogen-bond acceptors (Lipinski definition) is 3. The first kappa shape index (κ1) is 16.1. The fourth-order valence-electron chi connectivity index (χ4n) is 2.07. The molecule has 1 heterocycles. The molecule has 19 heavy (non-hydrogen) atoms. The minimum atomic E-state index is -0.732. The third kappa shape index (κ3) is 6.71. The molecule has 1 atom stereocenters. The number of carbonyl (C=O) groups is 2. The van der Waals surface area contributed by atoms with E-state index < -0.39 is 5.97 Å². The van der Waals surface area contributed by atoms with E-state index >= 15 is 0 Å². The van der Waals surface area contributed by atoms with Crippen LogP contribution < -0.4 is 5.32 Å². The van der Waals surface area contributed by atoms with E-state index in [0.29, 0.717) is 12.6 Å². The molecule has 0 radical (unpaired) electrons. The number of amides is 2. The second kappa shape index (κ2) is 9.07. The van der Waals surface area contributed by atoms with E-state index in [2.05, 4.69) is 5.32 Å². The smallest absolute Gasteiger partial charge is 0.317 e. The highest BCUT2D eigenvalue weighted by atomic mass is 32.2. The maximum Gasteiger partial charge on any atom is 0.317 e. The van der Waals surface area contributed by atoms with Gasteiger partial charge in [0.05, 0.1) is 0 Å². The van der Waals surface area contributed by atoms with Crippen LogP contribution in [0.4, 0.5) is 4.79 Å². The summed E-state index contributed by atoms with van der Waals surface area (Å²) in [5.74, 6) is 1.45. The molecule has 6 heteroatoms. The molecule has 2 amide bonds. The molecule has 2 N–H and O–H groups in total. The van der Waals surface area contributed by atoms with Crippen molar-refractivity contribution < 1.29 is 14.7 Å². The van der Waals surface area contributed by atoms with Crippen LogP contribution >= 0.6 is 11.8 Å². The number of carbonyl (C=O) groups excluding carboxylic acids is 1. The van der Waals surface area contributed by atoms with Gasteiger partial charge < -0.3 is 15.3 Å². The number of aliphatic carboxylic acids is 1. The molecule has 1 aliphatic heterocycles. The summed E-state index contributed by atoms with van der Waals surface area (Å²) < 4.78 is 0. The second-order valence-electron chi connectivity index (χ2n) is 4.92. The zero-order valence-corrected chi connectivity index (χ0v) is 12.4. The molecule has 0 aliphatic carbocycles. The molecule has 1 rings (SSSR count). The van der Waals surface area contributed by atoms with Crippen LogP contribution in [0.15, 0.2) is 0 Å². The van der Waals surface area contributed by atoms with Gasteiger partial charge in [0.15, 0.2) is 0 Å². The Labute approximate surface area is 119 Å². The second-order valence-corrected chi connectivity index (χ2v) is 6.07. The van der Waals surface area contributed by atoms with Crippen LogP contribution in [0.25, 0.3) is 0 Å². The predicted octanol–water partition coefficient (Wildman–Crippen LogP) is 2.17. The van der Waals surface area contributed by atoms with Gasteiger partial charge in [-0.15, -0.1) is 0 Å². The van der Waals surface area contributed by atoms with Crippen molar-refractivity contribution >= 4 is 23.8 Å². The SMILES string of the molecule is CN(C(=O)NCCCCCCC(=O)O)C1CCSC1. The Morgan fingerprint density at radius 3 is 2.68 bits per heavy atom. The molecule has 1 fully saturated rings. The molecule has 0 spiro atoms. The Kier molecular flexibility index (Phi) is 7.70. The maximum absolute atomic E-state index is 11.8. The first-order chi connectivity index (χ1) is 9.11. The van der Waals surface area contributed by atoms with E-state index in [0.717, 1.165) is 43.6 Å². The number of thioether (sulfide) groups is 1. The normalized spacial score (nSPS) is 18.3. The molecule has 1 saturated heterocycles. The lowest BCUT2D eigenvalue weighted by atomic mass is 10.1. The monoisotopic (exact) mass is 288 g/mol. The lowest BCUT2D eigenvalue weighted by Crippen LogP contribution is -2.43. The standard InChI is InChI=1S/C13H24N2O3S/c1-15(11-7-9-19-10-11)13(18)14-8-5-3-2-4-6-12(16)17/h11H,2-10H2,1H3,(H,14,18)(H,16,17). The summed E-state index contributed by atoms with van der Waals surface area (Å²) in [6, 6.07) is 0.388. The molecule has 0 aromatic heterocycles. The third-order valence-corrected chi connectivity index (χ3v) is 4.51. The van der Waals surface area contributed by atoms with Crippen LogP contribution in [0.5, 0.6) is 0 Å². The number of urea groups is 1. The fourth-order valence-corrected chi connectivity index (χ4v) is 3.34. The number of carboxylic acid groups (broad SMARTS) is 1. The number of rotatable bonds is 8. The topological polar surface area (TPSA) is 69.6 Å². The number of nitrogens with one attached hydrogen (secondary N) is 1. The molecule has 0 saturated carbocycles. The van der Waals surface area contributed by atoms with E-state index in [1.807, 2.05) is 23.7 Å². The van der Waals surface area contributed by atoms with E-state index in [1.165, 1.54) is 0 Å². The lowest BCUT2D eigenvalue weighted by Gasteiger charge is -2.24. The van der Waals surface area contributed by atoms with Gasteiger partial charge in [-0.25, -0.2) is 4.79 Å². The first-order valence-corrected chi connectivity index (χ1v) is 8.07. The Hall–Kier alpha value is -0.910. The van der Waals surface area contributed by atoms with E-state index in [9.17, 15) is 9.59 Å². The molecule has 0 aromatic rings. The predicted molar refractivity (Wildman–Crippen MR) is 77.6 cm³/mol. The van der Waals surface area contributed by atoms with E-state index in [1.54, 1.807) is 0 Å². The summed E-state index contributed by atoms with van der Waals surface area (Å²) in [4.78, 5) is 24.0. The zero-order chi connectivity index (χ0) is 14.1. The summed E-state index contributed by atoms with van der Waals surface area (Å²) in [5, 5.41) is 11.4. The molecular weight excluding hydrogens is 264 g/mol. The van der Waals surface area contributed by atoms with Crippen molar-refractivity contribution in [3.63, 3.8) is 0 Å². The number of nitrogens with zero attached hydrogens (tertiary/aromatic N) is 1.